The van der Waals surface area contributed by atoms with Crippen LogP contribution in [-0.2, 0) is 0 Å². The summed E-state index contributed by atoms with van der Waals surface area (Å²) in [5, 5.41) is 3.46. The van der Waals surface area contributed by atoms with Gasteiger partial charge >= 0.3 is 0 Å². The molecule has 0 aromatic carbocycles. The zero-order valence-electron chi connectivity index (χ0n) is 9.94. The van der Waals surface area contributed by atoms with Gasteiger partial charge in [0.15, 0.2) is 11.6 Å². The maximum Gasteiger partial charge on any atom is 0.166 e. The third-order valence-electron chi connectivity index (χ3n) is 4.11. The predicted molar refractivity (Wildman–Crippen MR) is 64.2 cm³/mol. The Kier molecular flexibility index (Phi) is 2.42. The fraction of sp³-hybridized carbons (Fsp3) is 0.583. The molecule has 1 fully saturated rings. The summed E-state index contributed by atoms with van der Waals surface area (Å²) in [4.78, 5) is 3.97. The molecule has 1 N–H and O–H groups in total. The van der Waals surface area contributed by atoms with Crippen LogP contribution >= 0.6 is 11.6 Å². The molecular formula is C12H16ClFN2. The Balaban J connectivity index is 2.18. The number of hydrogen-bond acceptors (Lipinski definition) is 2. The van der Waals surface area contributed by atoms with Crippen LogP contribution in [0, 0.1) is 16.6 Å². The van der Waals surface area contributed by atoms with Crippen LogP contribution in [0.15, 0.2) is 12.3 Å². The van der Waals surface area contributed by atoms with Gasteiger partial charge in [0.25, 0.3) is 0 Å². The average Bonchev–Trinajstić information content (AvgIpc) is 2.52. The Labute approximate surface area is 100 Å². The topological polar surface area (TPSA) is 24.9 Å². The lowest BCUT2D eigenvalue weighted by atomic mass is 10.0. The summed E-state index contributed by atoms with van der Waals surface area (Å²) in [7, 11) is 0. The van der Waals surface area contributed by atoms with Gasteiger partial charge in [0, 0.05) is 12.2 Å². The second kappa shape index (κ2) is 3.33. The first-order valence-electron chi connectivity index (χ1n) is 5.34. The zero-order chi connectivity index (χ0) is 12.1. The van der Waals surface area contributed by atoms with Gasteiger partial charge in [-0.2, -0.15) is 0 Å². The summed E-state index contributed by atoms with van der Waals surface area (Å²) < 4.78 is 13.5. The van der Waals surface area contributed by atoms with Crippen LogP contribution in [0.25, 0.3) is 0 Å². The minimum absolute atomic E-state index is 0.154. The molecule has 0 aliphatic heterocycles. The highest BCUT2D eigenvalue weighted by Crippen LogP contribution is 2.63. The van der Waals surface area contributed by atoms with E-state index in [-0.39, 0.29) is 22.7 Å². The molecule has 2 rings (SSSR count). The van der Waals surface area contributed by atoms with Crippen LogP contribution in [0.1, 0.15) is 27.7 Å². The quantitative estimate of drug-likeness (QED) is 0.855. The van der Waals surface area contributed by atoms with Gasteiger partial charge in [-0.05, 0) is 16.9 Å². The molecule has 2 nitrogen and oxygen atoms in total. The lowest BCUT2D eigenvalue weighted by Crippen LogP contribution is -2.12. The average molecular weight is 243 g/mol. The number of pyridine rings is 1. The Morgan fingerprint density at radius 1 is 1.31 bits per heavy atom. The van der Waals surface area contributed by atoms with Crippen molar-refractivity contribution < 1.29 is 4.39 Å². The molecule has 88 valence electrons. The van der Waals surface area contributed by atoms with Crippen molar-refractivity contribution in [2.45, 2.75) is 33.7 Å². The molecule has 0 saturated heterocycles. The molecule has 1 aliphatic carbocycles. The van der Waals surface area contributed by atoms with Crippen LogP contribution in [0.3, 0.4) is 0 Å². The molecule has 1 aromatic heterocycles. The van der Waals surface area contributed by atoms with Crippen molar-refractivity contribution in [3.05, 3.63) is 23.1 Å². The van der Waals surface area contributed by atoms with E-state index in [0.29, 0.717) is 5.02 Å². The van der Waals surface area contributed by atoms with Gasteiger partial charge in [-0.15, -0.1) is 0 Å². The highest BCUT2D eigenvalue weighted by molar-refractivity contribution is 6.30. The fourth-order valence-electron chi connectivity index (χ4n) is 2.21. The van der Waals surface area contributed by atoms with Crippen molar-refractivity contribution in [3.63, 3.8) is 0 Å². The lowest BCUT2D eigenvalue weighted by Gasteiger charge is -2.08. The summed E-state index contributed by atoms with van der Waals surface area (Å²) in [5.74, 6) is -0.112. The molecule has 1 aliphatic rings. The van der Waals surface area contributed by atoms with E-state index in [1.165, 1.54) is 12.3 Å². The Hall–Kier alpha value is -0.830. The number of rotatable bonds is 2. The van der Waals surface area contributed by atoms with Crippen molar-refractivity contribution in [2.24, 2.45) is 10.8 Å². The normalized spacial score (nSPS) is 21.9. The number of nitrogens with zero attached hydrogens (tertiary/aromatic N) is 1. The largest absolute Gasteiger partial charge is 0.364 e. The SMILES string of the molecule is CC1(C)C(Nc2ncc(Cl)cc2F)C1(C)C. The van der Waals surface area contributed by atoms with Crippen molar-refractivity contribution in [2.75, 3.05) is 5.32 Å². The third-order valence-corrected chi connectivity index (χ3v) is 4.32. The minimum atomic E-state index is -0.397. The van der Waals surface area contributed by atoms with Crippen molar-refractivity contribution in [1.29, 1.82) is 0 Å². The number of anilines is 1. The van der Waals surface area contributed by atoms with E-state index in [1.807, 2.05) is 0 Å². The van der Waals surface area contributed by atoms with Gasteiger partial charge in [-0.1, -0.05) is 39.3 Å². The summed E-state index contributed by atoms with van der Waals surface area (Å²) in [6.07, 6.45) is 1.45. The predicted octanol–water partition coefficient (Wildman–Crippen LogP) is 3.72. The molecule has 0 bridgehead atoms. The molecular weight excluding hydrogens is 227 g/mol. The van der Waals surface area contributed by atoms with Gasteiger partial charge in [0.05, 0.1) is 5.02 Å². The number of hydrogen-bond donors (Lipinski definition) is 1. The van der Waals surface area contributed by atoms with Crippen LogP contribution in [-0.4, -0.2) is 11.0 Å². The van der Waals surface area contributed by atoms with Crippen LogP contribution in [0.2, 0.25) is 5.02 Å². The summed E-state index contributed by atoms with van der Waals surface area (Å²) in [5.41, 5.74) is 0.307. The van der Waals surface area contributed by atoms with Crippen molar-refractivity contribution in [1.82, 2.24) is 4.98 Å². The summed E-state index contributed by atoms with van der Waals surface area (Å²) in [6.45, 7) is 8.66. The van der Waals surface area contributed by atoms with Crippen LogP contribution in [0.5, 0.6) is 0 Å². The van der Waals surface area contributed by atoms with E-state index < -0.39 is 5.82 Å². The van der Waals surface area contributed by atoms with Crippen molar-refractivity contribution >= 4 is 17.4 Å². The highest BCUT2D eigenvalue weighted by Gasteiger charge is 2.65. The molecule has 0 atom stereocenters. The van der Waals surface area contributed by atoms with Crippen LogP contribution < -0.4 is 5.32 Å². The molecule has 0 spiro atoms. The maximum atomic E-state index is 13.5. The number of nitrogens with one attached hydrogen (secondary N) is 1. The van der Waals surface area contributed by atoms with Gasteiger partial charge < -0.3 is 5.32 Å². The van der Waals surface area contributed by atoms with Crippen molar-refractivity contribution in [3.8, 4) is 0 Å². The molecule has 4 heteroatoms. The molecule has 0 unspecified atom stereocenters. The van der Waals surface area contributed by atoms with Gasteiger partial charge in [-0.25, -0.2) is 9.37 Å². The Morgan fingerprint density at radius 2 is 1.88 bits per heavy atom. The minimum Gasteiger partial charge on any atom is -0.364 e. The fourth-order valence-corrected chi connectivity index (χ4v) is 2.36. The molecule has 1 aromatic rings. The maximum absolute atomic E-state index is 13.5. The first-order valence-corrected chi connectivity index (χ1v) is 5.72. The second-order valence-electron chi connectivity index (χ2n) is 5.50. The monoisotopic (exact) mass is 242 g/mol. The smallest absolute Gasteiger partial charge is 0.166 e. The molecule has 0 radical (unpaired) electrons. The van der Waals surface area contributed by atoms with Gasteiger partial charge in [0.1, 0.15) is 0 Å². The van der Waals surface area contributed by atoms with E-state index in [0.717, 1.165) is 0 Å². The first kappa shape index (κ1) is 11.6. The van der Waals surface area contributed by atoms with E-state index in [4.69, 9.17) is 11.6 Å². The molecule has 0 amide bonds. The van der Waals surface area contributed by atoms with E-state index >= 15 is 0 Å². The Bertz CT molecular complexity index is 415. The van der Waals surface area contributed by atoms with E-state index in [2.05, 4.69) is 38.0 Å². The standard InChI is InChI=1S/C12H16ClFN2/c1-11(2)10(12(11,3)4)16-9-8(14)5-7(13)6-15-9/h5-6,10H,1-4H3,(H,15,16). The van der Waals surface area contributed by atoms with Crippen LogP contribution in [0.4, 0.5) is 10.2 Å². The summed E-state index contributed by atoms with van der Waals surface area (Å²) in [6, 6.07) is 1.52. The summed E-state index contributed by atoms with van der Waals surface area (Å²) >= 11 is 5.65. The first-order chi connectivity index (χ1) is 7.26. The molecule has 1 heterocycles. The lowest BCUT2D eigenvalue weighted by molar-refractivity contribution is 0.457. The second-order valence-corrected chi connectivity index (χ2v) is 5.94. The molecule has 16 heavy (non-hydrogen) atoms. The van der Waals surface area contributed by atoms with Gasteiger partial charge in [-0.3, -0.25) is 0 Å². The number of halogens is 2. The van der Waals surface area contributed by atoms with E-state index in [1.54, 1.807) is 0 Å². The van der Waals surface area contributed by atoms with E-state index in [9.17, 15) is 4.39 Å². The zero-order valence-corrected chi connectivity index (χ0v) is 10.7. The highest BCUT2D eigenvalue weighted by atomic mass is 35.5. The number of aromatic nitrogens is 1. The Morgan fingerprint density at radius 3 is 2.31 bits per heavy atom. The molecule has 1 saturated carbocycles. The third kappa shape index (κ3) is 1.58. The van der Waals surface area contributed by atoms with Gasteiger partial charge in [0.2, 0.25) is 0 Å².